The highest BCUT2D eigenvalue weighted by molar-refractivity contribution is 7.80. The molecule has 4 nitrogen and oxygen atoms in total. The predicted molar refractivity (Wildman–Crippen MR) is 86.6 cm³/mol. The van der Waals surface area contributed by atoms with Crippen LogP contribution in [0.3, 0.4) is 0 Å². The molecule has 0 amide bonds. The molecule has 20 heavy (non-hydrogen) atoms. The largest absolute Gasteiger partial charge is 0.493 e. The van der Waals surface area contributed by atoms with Crippen LogP contribution in [-0.2, 0) is 0 Å². The molecule has 0 aliphatic rings. The first-order valence-electron chi connectivity index (χ1n) is 6.77. The highest BCUT2D eigenvalue weighted by atomic mass is 32.1. The molecule has 0 aliphatic carbocycles. The third-order valence-electron chi connectivity index (χ3n) is 3.30. The molecule has 1 unspecified atom stereocenters. The van der Waals surface area contributed by atoms with Crippen molar-refractivity contribution in [1.29, 1.82) is 0 Å². The minimum atomic E-state index is -0.151. The second-order valence-electron chi connectivity index (χ2n) is 4.72. The molecule has 1 atom stereocenters. The summed E-state index contributed by atoms with van der Waals surface area (Å²) in [5, 5.41) is 0. The van der Waals surface area contributed by atoms with Crippen LogP contribution in [0.1, 0.15) is 31.4 Å². The Balaban J connectivity index is 3.18. The van der Waals surface area contributed by atoms with Crippen LogP contribution in [0.25, 0.3) is 0 Å². The van der Waals surface area contributed by atoms with Gasteiger partial charge >= 0.3 is 0 Å². The van der Waals surface area contributed by atoms with Gasteiger partial charge in [-0.2, -0.15) is 0 Å². The zero-order valence-corrected chi connectivity index (χ0v) is 13.5. The zero-order valence-electron chi connectivity index (χ0n) is 12.7. The van der Waals surface area contributed by atoms with Crippen LogP contribution in [0.2, 0.25) is 0 Å². The van der Waals surface area contributed by atoms with Crippen LogP contribution in [0.5, 0.6) is 11.5 Å². The summed E-state index contributed by atoms with van der Waals surface area (Å²) in [5.41, 5.74) is 6.89. The number of hydrogen-bond donors (Lipinski definition) is 1. The van der Waals surface area contributed by atoms with E-state index in [1.54, 1.807) is 14.2 Å². The first-order chi connectivity index (χ1) is 9.56. The number of likely N-dealkylation sites (N-methyl/N-ethyl adjacent to an activating group) is 1. The molecule has 1 aromatic carbocycles. The Kier molecular flexibility index (Phi) is 6.75. The molecule has 0 saturated heterocycles. The number of nitrogens with two attached hydrogens (primary N) is 1. The van der Waals surface area contributed by atoms with E-state index in [4.69, 9.17) is 27.4 Å². The molecule has 0 fully saturated rings. The van der Waals surface area contributed by atoms with E-state index in [1.807, 2.05) is 25.2 Å². The molecule has 1 rings (SSSR count). The molecular formula is C15H24N2O2S. The van der Waals surface area contributed by atoms with E-state index in [-0.39, 0.29) is 6.04 Å². The van der Waals surface area contributed by atoms with E-state index in [9.17, 15) is 0 Å². The summed E-state index contributed by atoms with van der Waals surface area (Å²) >= 11 is 5.25. The third-order valence-corrected chi connectivity index (χ3v) is 3.53. The molecule has 2 N–H and O–H groups in total. The van der Waals surface area contributed by atoms with Gasteiger partial charge in [-0.25, -0.2) is 0 Å². The first-order valence-corrected chi connectivity index (χ1v) is 7.18. The van der Waals surface area contributed by atoms with Gasteiger partial charge in [-0.1, -0.05) is 37.7 Å². The van der Waals surface area contributed by atoms with Crippen LogP contribution >= 0.6 is 12.2 Å². The molecule has 0 saturated carbocycles. The minimum absolute atomic E-state index is 0.151. The van der Waals surface area contributed by atoms with Gasteiger partial charge in [-0.15, -0.1) is 0 Å². The number of ether oxygens (including phenoxy) is 2. The standard InChI is InChI=1S/C15H24N2O2S/c1-5-6-10-17(2)13(15(16)20)11-8-7-9-12(18-3)14(11)19-4/h7-9,13H,5-6,10H2,1-4H3,(H2,16,20). The van der Waals surface area contributed by atoms with Crippen molar-refractivity contribution in [3.05, 3.63) is 23.8 Å². The van der Waals surface area contributed by atoms with Crippen molar-refractivity contribution in [1.82, 2.24) is 4.90 Å². The quantitative estimate of drug-likeness (QED) is 0.748. The summed E-state index contributed by atoms with van der Waals surface area (Å²) in [6.07, 6.45) is 2.23. The van der Waals surface area contributed by atoms with Gasteiger partial charge < -0.3 is 15.2 Å². The Labute approximate surface area is 126 Å². The van der Waals surface area contributed by atoms with E-state index >= 15 is 0 Å². The molecule has 5 heteroatoms. The van der Waals surface area contributed by atoms with E-state index in [2.05, 4.69) is 11.8 Å². The van der Waals surface area contributed by atoms with Crippen molar-refractivity contribution in [3.8, 4) is 11.5 Å². The number of hydrogen-bond acceptors (Lipinski definition) is 4. The maximum absolute atomic E-state index is 5.95. The van der Waals surface area contributed by atoms with Crippen molar-refractivity contribution in [3.63, 3.8) is 0 Å². The Bertz CT molecular complexity index is 451. The molecule has 112 valence electrons. The summed E-state index contributed by atoms with van der Waals surface area (Å²) in [5.74, 6) is 1.38. The van der Waals surface area contributed by atoms with Gasteiger partial charge in [0.2, 0.25) is 0 Å². The van der Waals surface area contributed by atoms with Crippen molar-refractivity contribution < 1.29 is 9.47 Å². The first kappa shape index (κ1) is 16.7. The maximum atomic E-state index is 5.95. The molecule has 0 heterocycles. The maximum Gasteiger partial charge on any atom is 0.165 e. The summed E-state index contributed by atoms with van der Waals surface area (Å²) in [4.78, 5) is 2.60. The van der Waals surface area contributed by atoms with E-state index in [0.717, 1.165) is 24.9 Å². The predicted octanol–water partition coefficient (Wildman–Crippen LogP) is 2.76. The average Bonchev–Trinajstić information content (AvgIpc) is 2.44. The van der Waals surface area contributed by atoms with Crippen molar-refractivity contribution in [2.45, 2.75) is 25.8 Å². The van der Waals surface area contributed by atoms with Gasteiger partial charge in [0.25, 0.3) is 0 Å². The van der Waals surface area contributed by atoms with Gasteiger partial charge in [0, 0.05) is 5.56 Å². The number of nitrogens with zero attached hydrogens (tertiary/aromatic N) is 1. The van der Waals surface area contributed by atoms with Crippen LogP contribution in [-0.4, -0.2) is 37.7 Å². The molecule has 0 aromatic heterocycles. The Morgan fingerprint density at radius 2 is 2.05 bits per heavy atom. The number of rotatable bonds is 8. The molecule has 0 bridgehead atoms. The fourth-order valence-corrected chi connectivity index (χ4v) is 2.58. The monoisotopic (exact) mass is 296 g/mol. The Morgan fingerprint density at radius 3 is 2.55 bits per heavy atom. The second-order valence-corrected chi connectivity index (χ2v) is 5.19. The van der Waals surface area contributed by atoms with Gasteiger partial charge in [-0.05, 0) is 26.1 Å². The SMILES string of the molecule is CCCCN(C)C(C(N)=S)c1cccc(OC)c1OC. The van der Waals surface area contributed by atoms with Gasteiger partial charge in [0.1, 0.15) is 0 Å². The fourth-order valence-electron chi connectivity index (χ4n) is 2.27. The molecule has 0 spiro atoms. The van der Waals surface area contributed by atoms with Gasteiger partial charge in [-0.3, -0.25) is 4.90 Å². The molecular weight excluding hydrogens is 272 g/mol. The topological polar surface area (TPSA) is 47.7 Å². The lowest BCUT2D eigenvalue weighted by Gasteiger charge is -2.29. The fraction of sp³-hybridized carbons (Fsp3) is 0.533. The summed E-state index contributed by atoms with van der Waals surface area (Å²) < 4.78 is 10.8. The lowest BCUT2D eigenvalue weighted by molar-refractivity contribution is 0.284. The van der Waals surface area contributed by atoms with E-state index in [1.165, 1.54) is 0 Å². The van der Waals surface area contributed by atoms with Crippen LogP contribution < -0.4 is 15.2 Å². The summed E-state index contributed by atoms with van der Waals surface area (Å²) in [7, 11) is 5.28. The van der Waals surface area contributed by atoms with Crippen molar-refractivity contribution in [2.24, 2.45) is 5.73 Å². The average molecular weight is 296 g/mol. The van der Waals surface area contributed by atoms with Gasteiger partial charge in [0.15, 0.2) is 11.5 Å². The molecule has 1 aromatic rings. The number of thiocarbonyl (C=S) groups is 1. The molecule has 0 aliphatic heterocycles. The molecule has 0 radical (unpaired) electrons. The van der Waals surface area contributed by atoms with E-state index in [0.29, 0.717) is 16.5 Å². The Hall–Kier alpha value is -1.33. The minimum Gasteiger partial charge on any atom is -0.493 e. The van der Waals surface area contributed by atoms with Crippen molar-refractivity contribution in [2.75, 3.05) is 27.8 Å². The van der Waals surface area contributed by atoms with Crippen LogP contribution in [0, 0.1) is 0 Å². The highest BCUT2D eigenvalue weighted by Crippen LogP contribution is 2.36. The van der Waals surface area contributed by atoms with Crippen LogP contribution in [0.15, 0.2) is 18.2 Å². The van der Waals surface area contributed by atoms with E-state index < -0.39 is 0 Å². The Morgan fingerprint density at radius 1 is 1.35 bits per heavy atom. The number of para-hydroxylation sites is 1. The normalized spacial score (nSPS) is 12.2. The van der Waals surface area contributed by atoms with Crippen LogP contribution in [0.4, 0.5) is 0 Å². The lowest BCUT2D eigenvalue weighted by atomic mass is 10.0. The summed E-state index contributed by atoms with van der Waals surface area (Å²) in [6, 6.07) is 5.62. The third kappa shape index (κ3) is 3.84. The lowest BCUT2D eigenvalue weighted by Crippen LogP contribution is -2.35. The smallest absolute Gasteiger partial charge is 0.165 e. The summed E-state index contributed by atoms with van der Waals surface area (Å²) in [6.45, 7) is 3.09. The van der Waals surface area contributed by atoms with Crippen molar-refractivity contribution >= 4 is 17.2 Å². The number of unbranched alkanes of at least 4 members (excludes halogenated alkanes) is 1. The zero-order chi connectivity index (χ0) is 15.1. The highest BCUT2D eigenvalue weighted by Gasteiger charge is 2.24. The second kappa shape index (κ2) is 8.07. The number of methoxy groups -OCH3 is 2. The number of benzene rings is 1. The van der Waals surface area contributed by atoms with Gasteiger partial charge in [0.05, 0.1) is 25.2 Å².